The van der Waals surface area contributed by atoms with Crippen molar-refractivity contribution in [2.24, 2.45) is 0 Å². The van der Waals surface area contributed by atoms with Crippen LogP contribution in [0.2, 0.25) is 5.02 Å². The summed E-state index contributed by atoms with van der Waals surface area (Å²) < 4.78 is 5.42. The van der Waals surface area contributed by atoms with E-state index in [4.69, 9.17) is 16.3 Å². The van der Waals surface area contributed by atoms with E-state index in [1.54, 1.807) is 31.6 Å². The summed E-state index contributed by atoms with van der Waals surface area (Å²) in [5.41, 5.74) is 1.95. The standard InChI is InChI=1S/C17H20ClN3O2/c1-12(13-7-9-19-10-8-13)21-17(22)20-11-16(23-2)14-3-5-15(18)6-4-14/h3-10,12,16H,11H2,1-2H3,(H2,20,21,22). The van der Waals surface area contributed by atoms with Gasteiger partial charge in [-0.1, -0.05) is 23.7 Å². The average Bonchev–Trinajstić information content (AvgIpc) is 2.57. The van der Waals surface area contributed by atoms with Crippen molar-refractivity contribution in [1.82, 2.24) is 15.6 Å². The summed E-state index contributed by atoms with van der Waals surface area (Å²) in [5.74, 6) is 0. The van der Waals surface area contributed by atoms with Crippen LogP contribution in [-0.4, -0.2) is 24.7 Å². The number of nitrogens with one attached hydrogen (secondary N) is 2. The molecule has 2 N–H and O–H groups in total. The molecule has 23 heavy (non-hydrogen) atoms. The van der Waals surface area contributed by atoms with E-state index in [-0.39, 0.29) is 18.2 Å². The fraction of sp³-hybridized carbons (Fsp3) is 0.294. The zero-order valence-electron chi connectivity index (χ0n) is 13.1. The number of amides is 2. The first-order valence-electron chi connectivity index (χ1n) is 7.32. The van der Waals surface area contributed by atoms with E-state index < -0.39 is 0 Å². The van der Waals surface area contributed by atoms with Gasteiger partial charge in [-0.05, 0) is 42.3 Å². The molecule has 122 valence electrons. The van der Waals surface area contributed by atoms with Gasteiger partial charge in [-0.3, -0.25) is 4.98 Å². The number of benzene rings is 1. The van der Waals surface area contributed by atoms with Gasteiger partial charge in [0.25, 0.3) is 0 Å². The number of carbonyl (C=O) groups is 1. The van der Waals surface area contributed by atoms with Crippen molar-refractivity contribution < 1.29 is 9.53 Å². The molecule has 0 aliphatic heterocycles. The Balaban J connectivity index is 1.86. The van der Waals surface area contributed by atoms with Crippen molar-refractivity contribution >= 4 is 17.6 Å². The molecule has 0 radical (unpaired) electrons. The zero-order valence-corrected chi connectivity index (χ0v) is 13.9. The van der Waals surface area contributed by atoms with Crippen molar-refractivity contribution in [2.75, 3.05) is 13.7 Å². The molecule has 6 heteroatoms. The normalized spacial score (nSPS) is 13.2. The number of nitrogens with zero attached hydrogens (tertiary/aromatic N) is 1. The number of aromatic nitrogens is 1. The Bertz CT molecular complexity index is 619. The molecule has 0 aliphatic rings. The summed E-state index contributed by atoms with van der Waals surface area (Å²) in [6.45, 7) is 2.29. The number of urea groups is 1. The van der Waals surface area contributed by atoms with Crippen LogP contribution in [0.4, 0.5) is 4.79 Å². The fourth-order valence-electron chi connectivity index (χ4n) is 2.18. The molecule has 2 rings (SSSR count). The van der Waals surface area contributed by atoms with Crippen molar-refractivity contribution in [2.45, 2.75) is 19.1 Å². The van der Waals surface area contributed by atoms with Gasteiger partial charge in [0.1, 0.15) is 0 Å². The zero-order chi connectivity index (χ0) is 16.7. The largest absolute Gasteiger partial charge is 0.375 e. The Morgan fingerprint density at radius 3 is 2.43 bits per heavy atom. The molecule has 1 aromatic carbocycles. The van der Waals surface area contributed by atoms with Gasteiger partial charge in [-0.15, -0.1) is 0 Å². The SMILES string of the molecule is COC(CNC(=O)NC(C)c1ccncc1)c1ccc(Cl)cc1. The van der Waals surface area contributed by atoms with Crippen LogP contribution >= 0.6 is 11.6 Å². The minimum Gasteiger partial charge on any atom is -0.375 e. The lowest BCUT2D eigenvalue weighted by molar-refractivity contribution is 0.104. The maximum absolute atomic E-state index is 12.0. The molecule has 5 nitrogen and oxygen atoms in total. The van der Waals surface area contributed by atoms with Crippen molar-refractivity contribution in [3.05, 3.63) is 64.9 Å². The molecule has 2 aromatic rings. The lowest BCUT2D eigenvalue weighted by atomic mass is 10.1. The second kappa shape index (κ2) is 8.50. The number of pyridine rings is 1. The number of halogens is 1. The second-order valence-electron chi connectivity index (χ2n) is 5.13. The molecule has 1 heterocycles. The molecule has 2 amide bonds. The number of methoxy groups -OCH3 is 1. The number of carbonyl (C=O) groups excluding carboxylic acids is 1. The Morgan fingerprint density at radius 1 is 1.17 bits per heavy atom. The van der Waals surface area contributed by atoms with E-state index in [0.717, 1.165) is 11.1 Å². The van der Waals surface area contributed by atoms with Gasteiger partial charge < -0.3 is 15.4 Å². The second-order valence-corrected chi connectivity index (χ2v) is 5.57. The van der Waals surface area contributed by atoms with Gasteiger partial charge >= 0.3 is 6.03 Å². The van der Waals surface area contributed by atoms with Crippen LogP contribution in [0.1, 0.15) is 30.2 Å². The lowest BCUT2D eigenvalue weighted by Gasteiger charge is -2.19. The first kappa shape index (κ1) is 17.2. The predicted octanol–water partition coefficient (Wildman–Crippen LogP) is 3.48. The summed E-state index contributed by atoms with van der Waals surface area (Å²) in [4.78, 5) is 16.0. The number of hydrogen-bond donors (Lipinski definition) is 2. The topological polar surface area (TPSA) is 63.2 Å². The highest BCUT2D eigenvalue weighted by Crippen LogP contribution is 2.18. The summed E-state index contributed by atoms with van der Waals surface area (Å²) in [6, 6.07) is 10.8. The van der Waals surface area contributed by atoms with E-state index in [1.807, 2.05) is 31.2 Å². The Labute approximate surface area is 141 Å². The molecule has 0 aliphatic carbocycles. The number of rotatable bonds is 6. The molecule has 0 bridgehead atoms. The quantitative estimate of drug-likeness (QED) is 0.850. The van der Waals surface area contributed by atoms with Crippen LogP contribution in [0, 0.1) is 0 Å². The highest BCUT2D eigenvalue weighted by atomic mass is 35.5. The first-order chi connectivity index (χ1) is 11.1. The van der Waals surface area contributed by atoms with E-state index in [9.17, 15) is 4.79 Å². The van der Waals surface area contributed by atoms with Crippen LogP contribution in [0.3, 0.4) is 0 Å². The molecule has 0 saturated carbocycles. The van der Waals surface area contributed by atoms with Crippen LogP contribution in [-0.2, 0) is 4.74 Å². The average molecular weight is 334 g/mol. The molecular weight excluding hydrogens is 314 g/mol. The third-order valence-electron chi connectivity index (χ3n) is 3.53. The third kappa shape index (κ3) is 5.23. The monoisotopic (exact) mass is 333 g/mol. The van der Waals surface area contributed by atoms with Gasteiger partial charge in [0.05, 0.1) is 12.1 Å². The van der Waals surface area contributed by atoms with Gasteiger partial charge in [-0.25, -0.2) is 4.79 Å². The van der Waals surface area contributed by atoms with E-state index in [1.165, 1.54) is 0 Å². The molecule has 0 spiro atoms. The highest BCUT2D eigenvalue weighted by molar-refractivity contribution is 6.30. The molecular formula is C17H20ClN3O2. The molecule has 2 unspecified atom stereocenters. The lowest BCUT2D eigenvalue weighted by Crippen LogP contribution is -2.39. The van der Waals surface area contributed by atoms with Crippen LogP contribution < -0.4 is 10.6 Å². The van der Waals surface area contributed by atoms with Gasteiger partial charge in [-0.2, -0.15) is 0 Å². The van der Waals surface area contributed by atoms with Gasteiger partial charge in [0.2, 0.25) is 0 Å². The Kier molecular flexibility index (Phi) is 6.38. The van der Waals surface area contributed by atoms with Crippen molar-refractivity contribution in [3.8, 4) is 0 Å². The molecule has 0 fully saturated rings. The van der Waals surface area contributed by atoms with E-state index >= 15 is 0 Å². The Hall–Kier alpha value is -2.11. The maximum atomic E-state index is 12.0. The summed E-state index contributed by atoms with van der Waals surface area (Å²) in [7, 11) is 1.61. The van der Waals surface area contributed by atoms with Crippen LogP contribution in [0.25, 0.3) is 0 Å². The van der Waals surface area contributed by atoms with Crippen LogP contribution in [0.5, 0.6) is 0 Å². The van der Waals surface area contributed by atoms with Crippen molar-refractivity contribution in [3.63, 3.8) is 0 Å². The van der Waals surface area contributed by atoms with Crippen LogP contribution in [0.15, 0.2) is 48.8 Å². The summed E-state index contributed by atoms with van der Waals surface area (Å²) in [6.07, 6.45) is 3.18. The maximum Gasteiger partial charge on any atom is 0.315 e. The molecule has 1 aromatic heterocycles. The molecule has 0 saturated heterocycles. The van der Waals surface area contributed by atoms with Crippen molar-refractivity contribution in [1.29, 1.82) is 0 Å². The summed E-state index contributed by atoms with van der Waals surface area (Å²) >= 11 is 5.88. The summed E-state index contributed by atoms with van der Waals surface area (Å²) in [5, 5.41) is 6.37. The smallest absolute Gasteiger partial charge is 0.315 e. The van der Waals surface area contributed by atoms with Gasteiger partial charge in [0, 0.05) is 31.1 Å². The predicted molar refractivity (Wildman–Crippen MR) is 90.4 cm³/mol. The van der Waals surface area contributed by atoms with Gasteiger partial charge in [0.15, 0.2) is 0 Å². The van der Waals surface area contributed by atoms with E-state index in [0.29, 0.717) is 11.6 Å². The minimum absolute atomic E-state index is 0.102. The third-order valence-corrected chi connectivity index (χ3v) is 3.78. The molecule has 2 atom stereocenters. The fourth-order valence-corrected chi connectivity index (χ4v) is 2.31. The van der Waals surface area contributed by atoms with E-state index in [2.05, 4.69) is 15.6 Å². The highest BCUT2D eigenvalue weighted by Gasteiger charge is 2.13. The Morgan fingerprint density at radius 2 is 1.83 bits per heavy atom. The first-order valence-corrected chi connectivity index (χ1v) is 7.70. The number of hydrogen-bond acceptors (Lipinski definition) is 3. The minimum atomic E-state index is -0.245. The number of ether oxygens (including phenoxy) is 1.